The second-order valence-corrected chi connectivity index (χ2v) is 2.98. The molecule has 3 N–H and O–H groups in total. The van der Waals surface area contributed by atoms with Gasteiger partial charge in [0.1, 0.15) is 0 Å². The van der Waals surface area contributed by atoms with Crippen LogP contribution in [0.3, 0.4) is 0 Å². The molecule has 1 aromatic carbocycles. The van der Waals surface area contributed by atoms with Crippen LogP contribution in [0.25, 0.3) is 17.0 Å². The summed E-state index contributed by atoms with van der Waals surface area (Å²) in [6.45, 7) is 0. The molecule has 1 heterocycles. The van der Waals surface area contributed by atoms with Crippen LogP contribution in [0.4, 0.5) is 0 Å². The van der Waals surface area contributed by atoms with Crippen molar-refractivity contribution in [2.24, 2.45) is 5.73 Å². The average molecular weight is 183 g/mol. The number of nitrogens with two attached hydrogens (primary N) is 1. The number of hydrogen-bond acceptors (Lipinski definition) is 2. The van der Waals surface area contributed by atoms with Crippen molar-refractivity contribution in [3.05, 3.63) is 41.7 Å². The summed E-state index contributed by atoms with van der Waals surface area (Å²) in [4.78, 5) is 3.09. The van der Waals surface area contributed by atoms with E-state index < -0.39 is 0 Å². The van der Waals surface area contributed by atoms with E-state index in [1.807, 2.05) is 24.4 Å². The van der Waals surface area contributed by atoms with Crippen molar-refractivity contribution in [3.63, 3.8) is 0 Å². The molecule has 0 amide bonds. The van der Waals surface area contributed by atoms with Gasteiger partial charge in [0.05, 0.1) is 11.6 Å². The molecule has 0 radical (unpaired) electrons. The maximum absolute atomic E-state index is 8.71. The Bertz CT molecular complexity index is 529. The van der Waals surface area contributed by atoms with E-state index in [-0.39, 0.29) is 0 Å². The zero-order chi connectivity index (χ0) is 9.97. The van der Waals surface area contributed by atoms with Crippen LogP contribution in [0.1, 0.15) is 11.1 Å². The van der Waals surface area contributed by atoms with E-state index in [0.717, 1.165) is 16.5 Å². The van der Waals surface area contributed by atoms with Crippen LogP contribution in [0, 0.1) is 11.3 Å². The van der Waals surface area contributed by atoms with E-state index in [2.05, 4.69) is 11.1 Å². The number of H-pyrrole nitrogens is 1. The van der Waals surface area contributed by atoms with Crippen LogP contribution in [-0.4, -0.2) is 4.98 Å². The van der Waals surface area contributed by atoms with Gasteiger partial charge in [-0.05, 0) is 24.4 Å². The van der Waals surface area contributed by atoms with Crippen LogP contribution >= 0.6 is 0 Å². The molecular formula is C11H9N3. The smallest absolute Gasteiger partial charge is 0.0992 e. The number of nitrogens with one attached hydrogen (secondary N) is 1. The molecule has 0 saturated heterocycles. The Labute approximate surface area is 81.5 Å². The van der Waals surface area contributed by atoms with Crippen molar-refractivity contribution < 1.29 is 0 Å². The summed E-state index contributed by atoms with van der Waals surface area (Å²) in [5.74, 6) is 0. The van der Waals surface area contributed by atoms with Gasteiger partial charge in [-0.1, -0.05) is 6.07 Å². The van der Waals surface area contributed by atoms with Crippen molar-refractivity contribution in [1.29, 1.82) is 5.26 Å². The lowest BCUT2D eigenvalue weighted by Crippen LogP contribution is -1.77. The van der Waals surface area contributed by atoms with Crippen LogP contribution in [-0.2, 0) is 0 Å². The van der Waals surface area contributed by atoms with Crippen molar-refractivity contribution in [2.75, 3.05) is 0 Å². The molecule has 0 aliphatic heterocycles. The first-order valence-corrected chi connectivity index (χ1v) is 4.24. The fourth-order valence-corrected chi connectivity index (χ4v) is 1.46. The number of rotatable bonds is 1. The van der Waals surface area contributed by atoms with E-state index >= 15 is 0 Å². The Balaban J connectivity index is 2.66. The number of nitriles is 1. The molecule has 2 aromatic rings. The number of hydrogen-bond donors (Lipinski definition) is 2. The SMILES string of the molecule is N#Cc1ccc2c(/C=C/N)c[nH]c2c1. The first-order valence-electron chi connectivity index (χ1n) is 4.24. The molecule has 0 atom stereocenters. The van der Waals surface area contributed by atoms with Crippen molar-refractivity contribution in [1.82, 2.24) is 4.98 Å². The lowest BCUT2D eigenvalue weighted by atomic mass is 10.1. The predicted molar refractivity (Wildman–Crippen MR) is 56.2 cm³/mol. The minimum absolute atomic E-state index is 0.655. The summed E-state index contributed by atoms with van der Waals surface area (Å²) in [5, 5.41) is 9.78. The first kappa shape index (κ1) is 8.39. The molecule has 0 aliphatic carbocycles. The molecule has 0 saturated carbocycles. The highest BCUT2D eigenvalue weighted by atomic mass is 14.7. The highest BCUT2D eigenvalue weighted by Crippen LogP contribution is 2.20. The van der Waals surface area contributed by atoms with Crippen molar-refractivity contribution in [3.8, 4) is 6.07 Å². The highest BCUT2D eigenvalue weighted by Gasteiger charge is 2.00. The molecule has 2 rings (SSSR count). The van der Waals surface area contributed by atoms with E-state index in [0.29, 0.717) is 5.56 Å². The largest absolute Gasteiger partial charge is 0.405 e. The Morgan fingerprint density at radius 2 is 2.29 bits per heavy atom. The topological polar surface area (TPSA) is 65.6 Å². The van der Waals surface area contributed by atoms with Gasteiger partial charge in [0, 0.05) is 22.7 Å². The summed E-state index contributed by atoms with van der Waals surface area (Å²) in [6.07, 6.45) is 5.20. The number of aromatic amines is 1. The summed E-state index contributed by atoms with van der Waals surface area (Å²) in [7, 11) is 0. The van der Waals surface area contributed by atoms with Crippen LogP contribution in [0.2, 0.25) is 0 Å². The molecule has 0 spiro atoms. The van der Waals surface area contributed by atoms with Gasteiger partial charge in [-0.3, -0.25) is 0 Å². The number of aromatic nitrogens is 1. The maximum Gasteiger partial charge on any atom is 0.0992 e. The molecule has 1 aromatic heterocycles. The van der Waals surface area contributed by atoms with E-state index in [1.54, 1.807) is 6.07 Å². The highest BCUT2D eigenvalue weighted by molar-refractivity contribution is 5.89. The Hall–Kier alpha value is -2.21. The lowest BCUT2D eigenvalue weighted by Gasteiger charge is -1.92. The Kier molecular flexibility index (Phi) is 1.96. The third kappa shape index (κ3) is 1.23. The fraction of sp³-hybridized carbons (Fsp3) is 0. The second-order valence-electron chi connectivity index (χ2n) is 2.98. The van der Waals surface area contributed by atoms with Gasteiger partial charge < -0.3 is 10.7 Å². The third-order valence-electron chi connectivity index (χ3n) is 2.12. The van der Waals surface area contributed by atoms with Gasteiger partial charge in [0.15, 0.2) is 0 Å². The maximum atomic E-state index is 8.71. The van der Waals surface area contributed by atoms with Gasteiger partial charge >= 0.3 is 0 Å². The van der Waals surface area contributed by atoms with E-state index in [1.165, 1.54) is 6.20 Å². The number of benzene rings is 1. The van der Waals surface area contributed by atoms with Crippen LogP contribution in [0.15, 0.2) is 30.6 Å². The van der Waals surface area contributed by atoms with Crippen LogP contribution < -0.4 is 5.73 Å². The summed E-state index contributed by atoms with van der Waals surface area (Å²) < 4.78 is 0. The number of fused-ring (bicyclic) bond motifs is 1. The Morgan fingerprint density at radius 3 is 3.00 bits per heavy atom. The minimum atomic E-state index is 0.655. The molecule has 0 fully saturated rings. The molecule has 3 heteroatoms. The lowest BCUT2D eigenvalue weighted by molar-refractivity contribution is 1.45. The average Bonchev–Trinajstić information content (AvgIpc) is 2.61. The Morgan fingerprint density at radius 1 is 1.43 bits per heavy atom. The fourth-order valence-electron chi connectivity index (χ4n) is 1.46. The standard InChI is InChI=1S/C11H9N3/c12-4-3-9-7-14-11-5-8(6-13)1-2-10(9)11/h1-5,7,14H,12H2/b4-3+. The zero-order valence-electron chi connectivity index (χ0n) is 7.49. The molecular weight excluding hydrogens is 174 g/mol. The van der Waals surface area contributed by atoms with E-state index in [4.69, 9.17) is 11.0 Å². The van der Waals surface area contributed by atoms with Crippen LogP contribution in [0.5, 0.6) is 0 Å². The monoisotopic (exact) mass is 183 g/mol. The summed E-state index contributed by atoms with van der Waals surface area (Å²) >= 11 is 0. The molecule has 14 heavy (non-hydrogen) atoms. The van der Waals surface area contributed by atoms with Gasteiger partial charge in [0.2, 0.25) is 0 Å². The molecule has 0 aliphatic rings. The first-order chi connectivity index (χ1) is 6.85. The van der Waals surface area contributed by atoms with Gasteiger partial charge in [0.25, 0.3) is 0 Å². The number of nitrogens with zero attached hydrogens (tertiary/aromatic N) is 1. The quantitative estimate of drug-likeness (QED) is 0.709. The van der Waals surface area contributed by atoms with Crippen molar-refractivity contribution in [2.45, 2.75) is 0 Å². The summed E-state index contributed by atoms with van der Waals surface area (Å²) in [6, 6.07) is 7.63. The summed E-state index contributed by atoms with van der Waals surface area (Å²) in [5.41, 5.74) is 7.97. The zero-order valence-corrected chi connectivity index (χ0v) is 7.49. The predicted octanol–water partition coefficient (Wildman–Crippen LogP) is 1.97. The van der Waals surface area contributed by atoms with E-state index in [9.17, 15) is 0 Å². The normalized spacial score (nSPS) is 10.8. The van der Waals surface area contributed by atoms with Crippen molar-refractivity contribution >= 4 is 17.0 Å². The minimum Gasteiger partial charge on any atom is -0.405 e. The van der Waals surface area contributed by atoms with Gasteiger partial charge in [-0.15, -0.1) is 0 Å². The third-order valence-corrected chi connectivity index (χ3v) is 2.12. The second kappa shape index (κ2) is 3.27. The van der Waals surface area contributed by atoms with Gasteiger partial charge in [-0.2, -0.15) is 5.26 Å². The molecule has 68 valence electrons. The van der Waals surface area contributed by atoms with Gasteiger partial charge in [-0.25, -0.2) is 0 Å². The molecule has 0 bridgehead atoms. The molecule has 0 unspecified atom stereocenters. The molecule has 3 nitrogen and oxygen atoms in total.